The predicted octanol–water partition coefficient (Wildman–Crippen LogP) is 7.71. The Hall–Kier alpha value is -4.95. The smallest absolute Gasteiger partial charge is 0.283 e. The SMILES string of the molecule is Cc1ccc(N2C(=O)/C(=C/c3ccc(Sc4nc5ccc(NC(=O)c6ccc(Cl)cc6)cc5s4)c([N+](=O)[O-])c3)C(=O)NC2=S)cc1C. The molecular formula is C33H22ClN5O5S3. The first-order valence-electron chi connectivity index (χ1n) is 13.9. The van der Waals surface area contributed by atoms with Crippen LogP contribution in [0.25, 0.3) is 16.3 Å². The Balaban J connectivity index is 1.24. The normalized spacial score (nSPS) is 14.1. The molecule has 4 aromatic carbocycles. The zero-order chi connectivity index (χ0) is 33.4. The van der Waals surface area contributed by atoms with Crippen LogP contribution in [0.4, 0.5) is 17.1 Å². The van der Waals surface area contributed by atoms with Gasteiger partial charge in [-0.3, -0.25) is 34.7 Å². The van der Waals surface area contributed by atoms with E-state index in [0.717, 1.165) is 27.6 Å². The van der Waals surface area contributed by atoms with Gasteiger partial charge < -0.3 is 5.32 Å². The molecule has 2 heterocycles. The van der Waals surface area contributed by atoms with Crippen molar-refractivity contribution in [3.63, 3.8) is 0 Å². The number of nitro groups is 1. The topological polar surface area (TPSA) is 135 Å². The van der Waals surface area contributed by atoms with E-state index >= 15 is 0 Å². The number of rotatable bonds is 7. The second-order valence-corrected chi connectivity index (χ2v) is 13.6. The molecule has 0 atom stereocenters. The number of halogens is 1. The molecule has 0 radical (unpaired) electrons. The molecule has 0 saturated carbocycles. The first-order chi connectivity index (χ1) is 22.5. The number of thiocarbonyl (C=S) groups is 1. The lowest BCUT2D eigenvalue weighted by atomic mass is 10.0. The molecule has 1 saturated heterocycles. The van der Waals surface area contributed by atoms with Crippen LogP contribution in [0.5, 0.6) is 0 Å². The van der Waals surface area contributed by atoms with E-state index in [4.69, 9.17) is 23.8 Å². The molecule has 6 rings (SSSR count). The molecule has 2 N–H and O–H groups in total. The van der Waals surface area contributed by atoms with E-state index in [2.05, 4.69) is 15.6 Å². The minimum Gasteiger partial charge on any atom is -0.322 e. The molecular weight excluding hydrogens is 678 g/mol. The van der Waals surface area contributed by atoms with Gasteiger partial charge in [0.25, 0.3) is 23.4 Å². The van der Waals surface area contributed by atoms with Crippen molar-refractivity contribution in [2.75, 3.05) is 10.2 Å². The maximum absolute atomic E-state index is 13.5. The van der Waals surface area contributed by atoms with E-state index in [0.29, 0.717) is 36.7 Å². The zero-order valence-corrected chi connectivity index (χ0v) is 27.8. The quantitative estimate of drug-likeness (QED) is 0.0580. The van der Waals surface area contributed by atoms with Crippen molar-refractivity contribution in [3.05, 3.63) is 122 Å². The Morgan fingerprint density at radius 1 is 1.04 bits per heavy atom. The van der Waals surface area contributed by atoms with Crippen LogP contribution in [-0.4, -0.2) is 32.7 Å². The van der Waals surface area contributed by atoms with Gasteiger partial charge in [-0.1, -0.05) is 35.5 Å². The molecule has 0 aliphatic carbocycles. The summed E-state index contributed by atoms with van der Waals surface area (Å²) in [6.45, 7) is 3.84. The molecule has 1 aliphatic heterocycles. The van der Waals surface area contributed by atoms with Crippen LogP contribution in [0.3, 0.4) is 0 Å². The fraction of sp³-hybridized carbons (Fsp3) is 0.0606. The summed E-state index contributed by atoms with van der Waals surface area (Å²) >= 11 is 13.6. The summed E-state index contributed by atoms with van der Waals surface area (Å²) < 4.78 is 1.33. The molecule has 0 bridgehead atoms. The van der Waals surface area contributed by atoms with Gasteiger partial charge in [0.1, 0.15) is 5.57 Å². The number of nitrogens with zero attached hydrogens (tertiary/aromatic N) is 3. The third-order valence-electron chi connectivity index (χ3n) is 7.27. The number of amides is 3. The lowest BCUT2D eigenvalue weighted by molar-refractivity contribution is -0.387. The number of aromatic nitrogens is 1. The van der Waals surface area contributed by atoms with Crippen molar-refractivity contribution in [3.8, 4) is 0 Å². The van der Waals surface area contributed by atoms with Crippen LogP contribution in [0.15, 0.2) is 93.7 Å². The number of nitrogens with one attached hydrogen (secondary N) is 2. The van der Waals surface area contributed by atoms with Crippen LogP contribution in [-0.2, 0) is 9.59 Å². The monoisotopic (exact) mass is 699 g/mol. The molecule has 1 aliphatic rings. The second kappa shape index (κ2) is 13.0. The average Bonchev–Trinajstić information content (AvgIpc) is 3.43. The number of hydrogen-bond donors (Lipinski definition) is 2. The van der Waals surface area contributed by atoms with Crippen molar-refractivity contribution < 1.29 is 19.3 Å². The van der Waals surface area contributed by atoms with Crippen molar-refractivity contribution >= 4 is 103 Å². The Morgan fingerprint density at radius 2 is 1.81 bits per heavy atom. The van der Waals surface area contributed by atoms with Crippen LogP contribution in [0, 0.1) is 24.0 Å². The molecule has 0 unspecified atom stereocenters. The lowest BCUT2D eigenvalue weighted by Gasteiger charge is -2.29. The van der Waals surface area contributed by atoms with E-state index in [9.17, 15) is 24.5 Å². The summed E-state index contributed by atoms with van der Waals surface area (Å²) in [4.78, 5) is 56.6. The minimum absolute atomic E-state index is 0.0509. The van der Waals surface area contributed by atoms with Gasteiger partial charge in [0.15, 0.2) is 9.45 Å². The lowest BCUT2D eigenvalue weighted by Crippen LogP contribution is -2.54. The van der Waals surface area contributed by atoms with Crippen LogP contribution in [0.2, 0.25) is 5.02 Å². The minimum atomic E-state index is -0.695. The highest BCUT2D eigenvalue weighted by Gasteiger charge is 2.34. The van der Waals surface area contributed by atoms with Crippen molar-refractivity contribution in [1.82, 2.24) is 10.3 Å². The first-order valence-corrected chi connectivity index (χ1v) is 16.3. The van der Waals surface area contributed by atoms with Crippen molar-refractivity contribution in [2.45, 2.75) is 23.1 Å². The number of benzene rings is 4. The van der Waals surface area contributed by atoms with Crippen molar-refractivity contribution in [2.24, 2.45) is 0 Å². The van der Waals surface area contributed by atoms with E-state index in [1.165, 1.54) is 28.4 Å². The highest BCUT2D eigenvalue weighted by Crippen LogP contribution is 2.40. The molecule has 1 aromatic heterocycles. The number of anilines is 2. The number of carbonyl (C=O) groups excluding carboxylic acids is 3. The maximum Gasteiger partial charge on any atom is 0.283 e. The molecule has 10 nitrogen and oxygen atoms in total. The van der Waals surface area contributed by atoms with Gasteiger partial charge in [0.2, 0.25) is 0 Å². The fourth-order valence-corrected chi connectivity index (χ4v) is 7.25. The Kier molecular flexibility index (Phi) is 8.88. The number of fused-ring (bicyclic) bond motifs is 1. The van der Waals surface area contributed by atoms with E-state index in [1.807, 2.05) is 19.9 Å². The summed E-state index contributed by atoms with van der Waals surface area (Å²) in [5.74, 6) is -1.63. The van der Waals surface area contributed by atoms with Crippen LogP contribution >= 0.6 is 46.9 Å². The Bertz CT molecular complexity index is 2180. The molecule has 3 amide bonds. The van der Waals surface area contributed by atoms with E-state index in [1.54, 1.807) is 66.7 Å². The molecule has 234 valence electrons. The summed E-state index contributed by atoms with van der Waals surface area (Å²) in [6, 6.07) is 21.6. The zero-order valence-electron chi connectivity index (χ0n) is 24.6. The summed E-state index contributed by atoms with van der Waals surface area (Å²) in [6.07, 6.45) is 1.31. The molecule has 5 aromatic rings. The Morgan fingerprint density at radius 3 is 2.53 bits per heavy atom. The maximum atomic E-state index is 13.5. The van der Waals surface area contributed by atoms with Crippen LogP contribution in [0.1, 0.15) is 27.0 Å². The van der Waals surface area contributed by atoms with Gasteiger partial charge in [-0.25, -0.2) is 4.98 Å². The highest BCUT2D eigenvalue weighted by molar-refractivity contribution is 8.01. The highest BCUT2D eigenvalue weighted by atomic mass is 35.5. The van der Waals surface area contributed by atoms with E-state index < -0.39 is 16.7 Å². The van der Waals surface area contributed by atoms with Gasteiger partial charge >= 0.3 is 0 Å². The molecule has 14 heteroatoms. The van der Waals surface area contributed by atoms with Gasteiger partial charge in [0.05, 0.1) is 25.7 Å². The third-order valence-corrected chi connectivity index (χ3v) is 9.95. The van der Waals surface area contributed by atoms with Gasteiger partial charge in [-0.15, -0.1) is 11.3 Å². The fourth-order valence-electron chi connectivity index (χ4n) is 4.70. The Labute approximate surface area is 286 Å². The third kappa shape index (κ3) is 6.79. The molecule has 0 spiro atoms. The van der Waals surface area contributed by atoms with E-state index in [-0.39, 0.29) is 27.8 Å². The molecule has 1 fully saturated rings. The number of thiazole rings is 1. The van der Waals surface area contributed by atoms with Gasteiger partial charge in [0, 0.05) is 22.3 Å². The summed E-state index contributed by atoms with van der Waals surface area (Å²) in [5.41, 5.74) is 4.02. The first kappa shape index (κ1) is 32.0. The summed E-state index contributed by atoms with van der Waals surface area (Å²) in [5, 5.41) is 18.0. The standard InChI is InChI=1S/C33H22ClN5O5S3/c1-17-3-10-23(13-18(17)2)38-31(42)24(30(41)37-32(38)45)14-19-4-12-27(26(15-19)39(43)44)46-33-36-25-11-9-22(16-28(25)47-33)35-29(40)20-5-7-21(34)8-6-20/h3-16H,1-2H3,(H,35,40)(H,37,41,45)/b24-14+. The number of carbonyl (C=O) groups is 3. The van der Waals surface area contributed by atoms with Gasteiger partial charge in [-0.2, -0.15) is 0 Å². The number of aryl methyl sites for hydroxylation is 2. The van der Waals surface area contributed by atoms with Gasteiger partial charge in [-0.05, 0) is 109 Å². The molecule has 47 heavy (non-hydrogen) atoms. The number of hydrogen-bond acceptors (Lipinski definition) is 9. The summed E-state index contributed by atoms with van der Waals surface area (Å²) in [7, 11) is 0. The van der Waals surface area contributed by atoms with Crippen molar-refractivity contribution in [1.29, 1.82) is 0 Å². The average molecular weight is 700 g/mol. The second-order valence-electron chi connectivity index (χ2n) is 10.4. The predicted molar refractivity (Wildman–Crippen MR) is 188 cm³/mol. The number of nitro benzene ring substituents is 1. The van der Waals surface area contributed by atoms with Crippen LogP contribution < -0.4 is 15.5 Å². The largest absolute Gasteiger partial charge is 0.322 e.